The second-order valence-electron chi connectivity index (χ2n) is 6.25. The predicted octanol–water partition coefficient (Wildman–Crippen LogP) is 5.66. The van der Waals surface area contributed by atoms with Crippen molar-refractivity contribution in [2.45, 2.75) is 13.8 Å². The maximum atomic E-state index is 13.8. The molecule has 0 atom stereocenters. The molecule has 0 amide bonds. The topological polar surface area (TPSA) is 0 Å². The Morgan fingerprint density at radius 1 is 0.536 bits per heavy atom. The van der Waals surface area contributed by atoms with Crippen LogP contribution in [0, 0.1) is 60.8 Å². The first-order valence-corrected chi connectivity index (χ1v) is 8.39. The van der Waals surface area contributed by atoms with Gasteiger partial charge in [-0.05, 0) is 67.9 Å². The van der Waals surface area contributed by atoms with E-state index in [0.717, 1.165) is 0 Å². The summed E-state index contributed by atoms with van der Waals surface area (Å²) in [4.78, 5) is 0. The van der Waals surface area contributed by atoms with Gasteiger partial charge >= 0.3 is 0 Å². The van der Waals surface area contributed by atoms with Gasteiger partial charge in [0.05, 0.1) is 5.56 Å². The van der Waals surface area contributed by atoms with Gasteiger partial charge in [-0.2, -0.15) is 0 Å². The van der Waals surface area contributed by atoms with Gasteiger partial charge in [0, 0.05) is 22.3 Å². The Morgan fingerprint density at radius 2 is 0.964 bits per heavy atom. The largest absolute Gasteiger partial charge is 0.207 e. The minimum Gasteiger partial charge on any atom is -0.207 e. The van der Waals surface area contributed by atoms with Gasteiger partial charge in [-0.15, -0.1) is 0 Å². The zero-order valence-electron chi connectivity index (χ0n) is 15.1. The van der Waals surface area contributed by atoms with Gasteiger partial charge in [-0.25, -0.2) is 17.6 Å². The van der Waals surface area contributed by atoms with Crippen molar-refractivity contribution in [3.8, 4) is 23.7 Å². The van der Waals surface area contributed by atoms with Gasteiger partial charge in [0.15, 0.2) is 0 Å². The van der Waals surface area contributed by atoms with E-state index in [0.29, 0.717) is 16.7 Å². The van der Waals surface area contributed by atoms with Crippen LogP contribution in [-0.4, -0.2) is 0 Å². The van der Waals surface area contributed by atoms with Crippen molar-refractivity contribution in [2.24, 2.45) is 0 Å². The molecule has 4 heteroatoms. The smallest absolute Gasteiger partial charge is 0.142 e. The Hall–Kier alpha value is -3.50. The van der Waals surface area contributed by atoms with Crippen molar-refractivity contribution in [3.05, 3.63) is 105 Å². The standard InChI is InChI=1S/C24H14F4/c1-15-11-23(27)20(24(28)12-15)10-9-18-5-3-17(4-6-18)7-8-19-13-21(25)16(2)22(26)14-19/h3-6,11-14H,1-2H3. The second-order valence-corrected chi connectivity index (χ2v) is 6.25. The number of hydrogen-bond acceptors (Lipinski definition) is 0. The molecule has 0 heterocycles. The molecule has 0 unspecified atom stereocenters. The Kier molecular flexibility index (Phi) is 5.52. The number of aryl methyl sites for hydroxylation is 1. The van der Waals surface area contributed by atoms with Crippen molar-refractivity contribution < 1.29 is 17.6 Å². The molecular weight excluding hydrogens is 364 g/mol. The molecule has 0 aliphatic rings. The van der Waals surface area contributed by atoms with Crippen LogP contribution in [0.5, 0.6) is 0 Å². The summed E-state index contributed by atoms with van der Waals surface area (Å²) >= 11 is 0. The minimum atomic E-state index is -0.704. The maximum Gasteiger partial charge on any atom is 0.142 e. The number of benzene rings is 3. The Labute approximate surface area is 160 Å². The molecule has 3 rings (SSSR count). The summed E-state index contributed by atoms with van der Waals surface area (Å²) in [6.45, 7) is 2.96. The summed E-state index contributed by atoms with van der Waals surface area (Å²) in [7, 11) is 0. The van der Waals surface area contributed by atoms with Crippen LogP contribution in [0.25, 0.3) is 0 Å². The van der Waals surface area contributed by atoms with Crippen LogP contribution in [0.15, 0.2) is 48.5 Å². The van der Waals surface area contributed by atoms with E-state index in [1.165, 1.54) is 31.2 Å². The van der Waals surface area contributed by atoms with Gasteiger partial charge in [0.25, 0.3) is 0 Å². The van der Waals surface area contributed by atoms with Crippen molar-refractivity contribution in [1.29, 1.82) is 0 Å². The summed E-state index contributed by atoms with van der Waals surface area (Å²) in [6.07, 6.45) is 0. The summed E-state index contributed by atoms with van der Waals surface area (Å²) < 4.78 is 54.7. The molecule has 0 bridgehead atoms. The van der Waals surface area contributed by atoms with E-state index in [9.17, 15) is 17.6 Å². The zero-order chi connectivity index (χ0) is 20.3. The number of hydrogen-bond donors (Lipinski definition) is 0. The fourth-order valence-corrected chi connectivity index (χ4v) is 2.45. The van der Waals surface area contributed by atoms with Crippen LogP contribution in [-0.2, 0) is 0 Å². The van der Waals surface area contributed by atoms with E-state index in [1.54, 1.807) is 31.2 Å². The molecule has 0 nitrogen and oxygen atoms in total. The Balaban J connectivity index is 1.81. The number of halogens is 4. The van der Waals surface area contributed by atoms with E-state index in [1.807, 2.05) is 0 Å². The average Bonchev–Trinajstić information content (AvgIpc) is 2.64. The molecule has 0 N–H and O–H groups in total. The quantitative estimate of drug-likeness (QED) is 0.350. The van der Waals surface area contributed by atoms with E-state index in [4.69, 9.17) is 0 Å². The lowest BCUT2D eigenvalue weighted by Gasteiger charge is -1.99. The third-order valence-electron chi connectivity index (χ3n) is 4.04. The molecule has 0 radical (unpaired) electrons. The highest BCUT2D eigenvalue weighted by Gasteiger charge is 2.07. The van der Waals surface area contributed by atoms with Crippen LogP contribution in [0.1, 0.15) is 33.4 Å². The molecule has 138 valence electrons. The normalized spacial score (nSPS) is 9.93. The van der Waals surface area contributed by atoms with Gasteiger partial charge < -0.3 is 0 Å². The SMILES string of the molecule is Cc1cc(F)c(C#Cc2ccc(C#Cc3cc(F)c(C)c(F)c3)cc2)c(F)c1. The highest BCUT2D eigenvalue weighted by Crippen LogP contribution is 2.15. The van der Waals surface area contributed by atoms with E-state index >= 15 is 0 Å². The lowest BCUT2D eigenvalue weighted by Crippen LogP contribution is -1.91. The van der Waals surface area contributed by atoms with Crippen molar-refractivity contribution in [1.82, 2.24) is 0 Å². The van der Waals surface area contributed by atoms with Gasteiger partial charge in [0.2, 0.25) is 0 Å². The lowest BCUT2D eigenvalue weighted by atomic mass is 10.1. The third-order valence-corrected chi connectivity index (χ3v) is 4.04. The maximum absolute atomic E-state index is 13.8. The van der Waals surface area contributed by atoms with Crippen molar-refractivity contribution >= 4 is 0 Å². The van der Waals surface area contributed by atoms with Crippen LogP contribution < -0.4 is 0 Å². The molecule has 0 spiro atoms. The van der Waals surface area contributed by atoms with Crippen molar-refractivity contribution in [3.63, 3.8) is 0 Å². The fraction of sp³-hybridized carbons (Fsp3) is 0.0833. The molecular formula is C24H14F4. The van der Waals surface area contributed by atoms with E-state index < -0.39 is 23.3 Å². The monoisotopic (exact) mass is 378 g/mol. The lowest BCUT2D eigenvalue weighted by molar-refractivity contribution is 0.567. The van der Waals surface area contributed by atoms with Crippen LogP contribution in [0.2, 0.25) is 0 Å². The first-order chi connectivity index (χ1) is 13.3. The molecule has 0 fully saturated rings. The molecule has 3 aromatic carbocycles. The Bertz CT molecular complexity index is 1120. The fourth-order valence-electron chi connectivity index (χ4n) is 2.45. The molecule has 0 saturated heterocycles. The molecule has 0 aliphatic carbocycles. The molecule has 28 heavy (non-hydrogen) atoms. The average molecular weight is 378 g/mol. The first-order valence-electron chi connectivity index (χ1n) is 8.39. The van der Waals surface area contributed by atoms with Crippen LogP contribution >= 0.6 is 0 Å². The highest BCUT2D eigenvalue weighted by molar-refractivity contribution is 5.49. The van der Waals surface area contributed by atoms with Gasteiger partial charge in [-0.3, -0.25) is 0 Å². The summed E-state index contributed by atoms with van der Waals surface area (Å²) in [5.41, 5.74) is 1.55. The van der Waals surface area contributed by atoms with Crippen LogP contribution in [0.4, 0.5) is 17.6 Å². The van der Waals surface area contributed by atoms with Gasteiger partial charge in [-0.1, -0.05) is 23.7 Å². The van der Waals surface area contributed by atoms with Gasteiger partial charge in [0.1, 0.15) is 23.3 Å². The number of rotatable bonds is 0. The first kappa shape index (κ1) is 19.3. The summed E-state index contributed by atoms with van der Waals surface area (Å²) in [6, 6.07) is 11.4. The summed E-state index contributed by atoms with van der Waals surface area (Å²) in [5, 5.41) is 0. The second kappa shape index (κ2) is 8.03. The highest BCUT2D eigenvalue weighted by atomic mass is 19.1. The van der Waals surface area contributed by atoms with Crippen molar-refractivity contribution in [2.75, 3.05) is 0 Å². The molecule has 3 aromatic rings. The van der Waals surface area contributed by atoms with E-state index in [2.05, 4.69) is 23.7 Å². The predicted molar refractivity (Wildman–Crippen MR) is 101 cm³/mol. The Morgan fingerprint density at radius 3 is 1.46 bits per heavy atom. The molecule has 0 aliphatic heterocycles. The van der Waals surface area contributed by atoms with E-state index in [-0.39, 0.29) is 16.7 Å². The molecule has 0 aromatic heterocycles. The van der Waals surface area contributed by atoms with Crippen LogP contribution in [0.3, 0.4) is 0 Å². The molecule has 0 saturated carbocycles. The zero-order valence-corrected chi connectivity index (χ0v) is 15.1. The minimum absolute atomic E-state index is 0.0464. The third kappa shape index (κ3) is 4.42. The summed E-state index contributed by atoms with van der Waals surface area (Å²) in [5.74, 6) is 8.02.